The summed E-state index contributed by atoms with van der Waals surface area (Å²) in [7, 11) is 0. The van der Waals surface area contributed by atoms with Crippen molar-refractivity contribution in [1.29, 1.82) is 0 Å². The SMILES string of the molecule is Cc1nc(Br)cc(Oc2ccc(C(N)=O)cc2)n1. The zero-order valence-corrected chi connectivity index (χ0v) is 11.1. The lowest BCUT2D eigenvalue weighted by molar-refractivity contribution is 0.100. The summed E-state index contributed by atoms with van der Waals surface area (Å²) < 4.78 is 6.19. The van der Waals surface area contributed by atoms with Crippen LogP contribution in [0.1, 0.15) is 16.2 Å². The number of amides is 1. The van der Waals surface area contributed by atoms with Crippen molar-refractivity contribution in [2.75, 3.05) is 0 Å². The van der Waals surface area contributed by atoms with E-state index in [2.05, 4.69) is 25.9 Å². The summed E-state index contributed by atoms with van der Waals surface area (Å²) in [6.45, 7) is 1.77. The van der Waals surface area contributed by atoms with Crippen molar-refractivity contribution in [2.45, 2.75) is 6.92 Å². The molecule has 0 atom stereocenters. The van der Waals surface area contributed by atoms with E-state index in [1.54, 1.807) is 37.3 Å². The molecule has 5 nitrogen and oxygen atoms in total. The summed E-state index contributed by atoms with van der Waals surface area (Å²) in [4.78, 5) is 19.1. The highest BCUT2D eigenvalue weighted by molar-refractivity contribution is 9.10. The molecule has 0 bridgehead atoms. The minimum Gasteiger partial charge on any atom is -0.439 e. The van der Waals surface area contributed by atoms with Crippen LogP contribution in [0.2, 0.25) is 0 Å². The lowest BCUT2D eigenvalue weighted by Gasteiger charge is -2.06. The molecule has 92 valence electrons. The number of ether oxygens (including phenoxy) is 1. The highest BCUT2D eigenvalue weighted by Gasteiger charge is 2.04. The Morgan fingerprint density at radius 2 is 1.94 bits per heavy atom. The Bertz CT molecular complexity index is 564. The van der Waals surface area contributed by atoms with Gasteiger partial charge in [0.05, 0.1) is 0 Å². The fourth-order valence-corrected chi connectivity index (χ4v) is 1.82. The van der Waals surface area contributed by atoms with Crippen molar-refractivity contribution in [3.05, 3.63) is 46.3 Å². The van der Waals surface area contributed by atoms with E-state index in [1.165, 1.54) is 0 Å². The first-order valence-corrected chi connectivity index (χ1v) is 5.93. The summed E-state index contributed by atoms with van der Waals surface area (Å²) in [5.74, 6) is 1.14. The summed E-state index contributed by atoms with van der Waals surface area (Å²) in [5, 5.41) is 0. The number of hydrogen-bond donors (Lipinski definition) is 1. The minimum atomic E-state index is -0.470. The summed E-state index contributed by atoms with van der Waals surface area (Å²) in [5.41, 5.74) is 5.58. The third-order valence-corrected chi connectivity index (χ3v) is 2.55. The van der Waals surface area contributed by atoms with Crippen molar-refractivity contribution in [3.63, 3.8) is 0 Å². The second-order valence-corrected chi connectivity index (χ2v) is 4.38. The van der Waals surface area contributed by atoms with Gasteiger partial charge in [-0.3, -0.25) is 4.79 Å². The molecule has 0 fully saturated rings. The molecule has 0 spiro atoms. The maximum atomic E-state index is 10.9. The second-order valence-electron chi connectivity index (χ2n) is 3.57. The van der Waals surface area contributed by atoms with Crippen LogP contribution in [0, 0.1) is 6.92 Å². The van der Waals surface area contributed by atoms with E-state index < -0.39 is 5.91 Å². The number of primary amides is 1. The number of nitrogens with two attached hydrogens (primary N) is 1. The molecule has 6 heteroatoms. The van der Waals surface area contributed by atoms with E-state index in [4.69, 9.17) is 10.5 Å². The normalized spacial score (nSPS) is 10.1. The molecule has 1 amide bonds. The average molecular weight is 308 g/mol. The van der Waals surface area contributed by atoms with E-state index in [0.29, 0.717) is 27.6 Å². The number of hydrogen-bond acceptors (Lipinski definition) is 4. The van der Waals surface area contributed by atoms with Gasteiger partial charge in [0, 0.05) is 11.6 Å². The van der Waals surface area contributed by atoms with Crippen molar-refractivity contribution in [2.24, 2.45) is 5.73 Å². The van der Waals surface area contributed by atoms with Crippen LogP contribution in [0.15, 0.2) is 34.9 Å². The largest absolute Gasteiger partial charge is 0.439 e. The van der Waals surface area contributed by atoms with Crippen LogP contribution in [-0.4, -0.2) is 15.9 Å². The highest BCUT2D eigenvalue weighted by Crippen LogP contribution is 2.22. The number of rotatable bonds is 3. The molecule has 2 N–H and O–H groups in total. The Morgan fingerprint density at radius 1 is 1.28 bits per heavy atom. The molecule has 0 saturated carbocycles. The number of carbonyl (C=O) groups is 1. The third-order valence-electron chi connectivity index (χ3n) is 2.14. The molecule has 18 heavy (non-hydrogen) atoms. The van der Waals surface area contributed by atoms with Crippen LogP contribution in [0.4, 0.5) is 0 Å². The molecule has 1 aromatic carbocycles. The van der Waals surface area contributed by atoms with E-state index in [-0.39, 0.29) is 0 Å². The summed E-state index contributed by atoms with van der Waals surface area (Å²) in [6, 6.07) is 8.17. The van der Waals surface area contributed by atoms with E-state index in [1.807, 2.05) is 0 Å². The Hall–Kier alpha value is -1.95. The van der Waals surface area contributed by atoms with Gasteiger partial charge in [0.15, 0.2) is 0 Å². The molecule has 1 heterocycles. The van der Waals surface area contributed by atoms with E-state index in [0.717, 1.165) is 0 Å². The number of benzene rings is 1. The minimum absolute atomic E-state index is 0.432. The van der Waals surface area contributed by atoms with Crippen LogP contribution in [0.25, 0.3) is 0 Å². The summed E-state index contributed by atoms with van der Waals surface area (Å²) in [6.07, 6.45) is 0. The summed E-state index contributed by atoms with van der Waals surface area (Å²) >= 11 is 3.26. The molecule has 0 saturated heterocycles. The first kappa shape index (κ1) is 12.5. The first-order chi connectivity index (χ1) is 8.54. The van der Waals surface area contributed by atoms with Gasteiger partial charge in [-0.2, -0.15) is 4.98 Å². The fraction of sp³-hybridized carbons (Fsp3) is 0.0833. The predicted octanol–water partition coefficient (Wildman–Crippen LogP) is 2.44. The monoisotopic (exact) mass is 307 g/mol. The van der Waals surface area contributed by atoms with Crippen molar-refractivity contribution < 1.29 is 9.53 Å². The van der Waals surface area contributed by atoms with Gasteiger partial charge in [-0.15, -0.1) is 0 Å². The van der Waals surface area contributed by atoms with Gasteiger partial charge < -0.3 is 10.5 Å². The standard InChI is InChI=1S/C12H10BrN3O2/c1-7-15-10(13)6-11(16-7)18-9-4-2-8(3-5-9)12(14)17/h2-6H,1H3,(H2,14,17). The quantitative estimate of drug-likeness (QED) is 0.883. The molecule has 0 aliphatic rings. The molecular formula is C12H10BrN3O2. The number of carbonyl (C=O) groups excluding carboxylic acids is 1. The van der Waals surface area contributed by atoms with Crippen LogP contribution in [0.5, 0.6) is 11.6 Å². The number of nitrogens with zero attached hydrogens (tertiary/aromatic N) is 2. The van der Waals surface area contributed by atoms with Gasteiger partial charge in [-0.05, 0) is 47.1 Å². The fourth-order valence-electron chi connectivity index (χ4n) is 1.37. The average Bonchev–Trinajstić information content (AvgIpc) is 2.28. The van der Waals surface area contributed by atoms with E-state index >= 15 is 0 Å². The van der Waals surface area contributed by atoms with Crippen LogP contribution < -0.4 is 10.5 Å². The van der Waals surface area contributed by atoms with Crippen LogP contribution in [0.3, 0.4) is 0 Å². The van der Waals surface area contributed by atoms with Crippen molar-refractivity contribution in [3.8, 4) is 11.6 Å². The first-order valence-electron chi connectivity index (χ1n) is 5.13. The number of aryl methyl sites for hydroxylation is 1. The third kappa shape index (κ3) is 3.04. The molecule has 0 aliphatic heterocycles. The Morgan fingerprint density at radius 3 is 2.50 bits per heavy atom. The molecule has 1 aromatic heterocycles. The topological polar surface area (TPSA) is 78.1 Å². The lowest BCUT2D eigenvalue weighted by atomic mass is 10.2. The molecular weight excluding hydrogens is 298 g/mol. The molecule has 2 rings (SSSR count). The van der Waals surface area contributed by atoms with Gasteiger partial charge in [0.1, 0.15) is 16.2 Å². The Balaban J connectivity index is 2.20. The van der Waals surface area contributed by atoms with E-state index in [9.17, 15) is 4.79 Å². The predicted molar refractivity (Wildman–Crippen MR) is 69.5 cm³/mol. The Kier molecular flexibility index (Phi) is 3.57. The number of aromatic nitrogens is 2. The zero-order valence-electron chi connectivity index (χ0n) is 9.55. The highest BCUT2D eigenvalue weighted by atomic mass is 79.9. The smallest absolute Gasteiger partial charge is 0.248 e. The van der Waals surface area contributed by atoms with Gasteiger partial charge >= 0.3 is 0 Å². The number of halogens is 1. The lowest BCUT2D eigenvalue weighted by Crippen LogP contribution is -2.10. The van der Waals surface area contributed by atoms with Gasteiger partial charge in [-0.25, -0.2) is 4.98 Å². The molecule has 0 unspecified atom stereocenters. The molecule has 0 radical (unpaired) electrons. The van der Waals surface area contributed by atoms with Gasteiger partial charge in [-0.1, -0.05) is 0 Å². The second kappa shape index (κ2) is 5.14. The Labute approximate surface area is 112 Å². The maximum absolute atomic E-state index is 10.9. The van der Waals surface area contributed by atoms with Crippen LogP contribution in [-0.2, 0) is 0 Å². The molecule has 2 aromatic rings. The zero-order chi connectivity index (χ0) is 13.1. The van der Waals surface area contributed by atoms with Crippen molar-refractivity contribution in [1.82, 2.24) is 9.97 Å². The van der Waals surface area contributed by atoms with Crippen LogP contribution >= 0.6 is 15.9 Å². The molecule has 0 aliphatic carbocycles. The van der Waals surface area contributed by atoms with Gasteiger partial charge in [0.25, 0.3) is 0 Å². The maximum Gasteiger partial charge on any atom is 0.248 e. The van der Waals surface area contributed by atoms with Gasteiger partial charge in [0.2, 0.25) is 11.8 Å². The van der Waals surface area contributed by atoms with Crippen molar-refractivity contribution >= 4 is 21.8 Å².